The highest BCUT2D eigenvalue weighted by Gasteiger charge is 2.11. The van der Waals surface area contributed by atoms with E-state index in [4.69, 9.17) is 28.3 Å². The highest BCUT2D eigenvalue weighted by atomic mass is 35.5. The molecule has 1 heterocycles. The van der Waals surface area contributed by atoms with Gasteiger partial charge in [0.05, 0.1) is 22.0 Å². The van der Waals surface area contributed by atoms with Gasteiger partial charge in [0.25, 0.3) is 0 Å². The van der Waals surface area contributed by atoms with Crippen molar-refractivity contribution in [2.24, 2.45) is 0 Å². The lowest BCUT2D eigenvalue weighted by Gasteiger charge is -2.10. The van der Waals surface area contributed by atoms with Gasteiger partial charge in [-0.2, -0.15) is 0 Å². The van der Waals surface area contributed by atoms with Gasteiger partial charge in [-0.25, -0.2) is 14.8 Å². The summed E-state index contributed by atoms with van der Waals surface area (Å²) in [5, 5.41) is 12.9. The zero-order chi connectivity index (χ0) is 14.9. The van der Waals surface area contributed by atoms with Crippen LogP contribution in [-0.4, -0.2) is 21.0 Å². The first-order valence-electron chi connectivity index (χ1n) is 5.68. The Hall–Kier alpha value is -1.85. The van der Waals surface area contributed by atoms with Crippen LogP contribution in [0.15, 0.2) is 18.3 Å². The molecule has 0 atom stereocenters. The van der Waals surface area contributed by atoms with Crippen LogP contribution in [0.1, 0.15) is 21.6 Å². The number of nitrogens with one attached hydrogen (secondary N) is 1. The third-order valence-corrected chi connectivity index (χ3v) is 3.42. The van der Waals surface area contributed by atoms with E-state index in [0.29, 0.717) is 21.4 Å². The molecule has 0 fully saturated rings. The molecule has 0 aliphatic heterocycles. The lowest BCUT2D eigenvalue weighted by molar-refractivity contribution is 0.0695. The van der Waals surface area contributed by atoms with Crippen LogP contribution >= 0.6 is 23.2 Å². The minimum absolute atomic E-state index is 0.0589. The first kappa shape index (κ1) is 14.6. The second kappa shape index (κ2) is 5.64. The van der Waals surface area contributed by atoms with Crippen molar-refractivity contribution in [1.29, 1.82) is 0 Å². The van der Waals surface area contributed by atoms with Crippen LogP contribution in [0.2, 0.25) is 10.0 Å². The number of carbonyl (C=O) groups is 1. The molecule has 2 aromatic rings. The first-order chi connectivity index (χ1) is 9.38. The summed E-state index contributed by atoms with van der Waals surface area (Å²) in [6.07, 6.45) is 1.25. The van der Waals surface area contributed by atoms with E-state index in [1.165, 1.54) is 6.20 Å². The van der Waals surface area contributed by atoms with Gasteiger partial charge >= 0.3 is 5.97 Å². The zero-order valence-corrected chi connectivity index (χ0v) is 12.2. The Kier molecular flexibility index (Phi) is 4.11. The van der Waals surface area contributed by atoms with Crippen molar-refractivity contribution in [3.05, 3.63) is 45.2 Å². The van der Waals surface area contributed by atoms with Crippen LogP contribution in [-0.2, 0) is 0 Å². The molecule has 0 aliphatic carbocycles. The molecular formula is C13H11Cl2N3O2. The quantitative estimate of drug-likeness (QED) is 0.900. The normalized spacial score (nSPS) is 10.4. The number of hydrogen-bond donors (Lipinski definition) is 2. The van der Waals surface area contributed by atoms with Gasteiger partial charge < -0.3 is 10.4 Å². The molecule has 0 bridgehead atoms. The highest BCUT2D eigenvalue weighted by Crippen LogP contribution is 2.30. The molecule has 1 aromatic carbocycles. The standard InChI is InChI=1S/C13H11Cl2N3O2/c1-6-3-10(15)11(4-9(6)14)18-13-16-5-8(12(19)20)7(2)17-13/h3-5H,1-2H3,(H,19,20)(H,16,17,18). The maximum Gasteiger partial charge on any atom is 0.339 e. The topological polar surface area (TPSA) is 75.1 Å². The molecule has 0 aliphatic rings. The van der Waals surface area contributed by atoms with E-state index >= 15 is 0 Å². The van der Waals surface area contributed by atoms with E-state index in [0.717, 1.165) is 5.56 Å². The monoisotopic (exact) mass is 311 g/mol. The van der Waals surface area contributed by atoms with Crippen LogP contribution in [0.3, 0.4) is 0 Å². The van der Waals surface area contributed by atoms with Crippen LogP contribution in [0.5, 0.6) is 0 Å². The van der Waals surface area contributed by atoms with Gasteiger partial charge in [0.2, 0.25) is 5.95 Å². The predicted molar refractivity (Wildman–Crippen MR) is 78.2 cm³/mol. The van der Waals surface area contributed by atoms with Gasteiger partial charge in [-0.1, -0.05) is 23.2 Å². The Labute approximate surface area is 125 Å². The van der Waals surface area contributed by atoms with E-state index in [1.807, 2.05) is 6.92 Å². The fraction of sp³-hybridized carbons (Fsp3) is 0.154. The summed E-state index contributed by atoms with van der Waals surface area (Å²) >= 11 is 12.1. The van der Waals surface area contributed by atoms with Crippen LogP contribution < -0.4 is 5.32 Å². The number of carboxylic acids is 1. The molecule has 0 radical (unpaired) electrons. The average Bonchev–Trinajstić information content (AvgIpc) is 2.35. The molecule has 0 unspecified atom stereocenters. The molecule has 2 N–H and O–H groups in total. The van der Waals surface area contributed by atoms with Gasteiger partial charge in [0, 0.05) is 11.2 Å². The number of anilines is 2. The Morgan fingerprint density at radius 1 is 1.25 bits per heavy atom. The highest BCUT2D eigenvalue weighted by molar-refractivity contribution is 6.35. The summed E-state index contributed by atoms with van der Waals surface area (Å²) in [5.74, 6) is -0.806. The summed E-state index contributed by atoms with van der Waals surface area (Å²) in [5.41, 5.74) is 1.85. The van der Waals surface area contributed by atoms with Crippen molar-refractivity contribution in [2.45, 2.75) is 13.8 Å². The molecule has 0 saturated carbocycles. The van der Waals surface area contributed by atoms with Gasteiger partial charge in [0.15, 0.2) is 0 Å². The van der Waals surface area contributed by atoms with E-state index in [1.54, 1.807) is 19.1 Å². The second-order valence-corrected chi connectivity index (χ2v) is 5.02. The largest absolute Gasteiger partial charge is 0.478 e. The van der Waals surface area contributed by atoms with Gasteiger partial charge in [-0.3, -0.25) is 0 Å². The molecule has 104 valence electrons. The third kappa shape index (κ3) is 3.00. The summed E-state index contributed by atoms with van der Waals surface area (Å²) in [6, 6.07) is 3.40. The molecule has 7 heteroatoms. The first-order valence-corrected chi connectivity index (χ1v) is 6.43. The van der Waals surface area contributed by atoms with Crippen molar-refractivity contribution in [2.75, 3.05) is 5.32 Å². The number of rotatable bonds is 3. The van der Waals surface area contributed by atoms with Crippen LogP contribution in [0, 0.1) is 13.8 Å². The van der Waals surface area contributed by atoms with Crippen molar-refractivity contribution in [3.8, 4) is 0 Å². The smallest absolute Gasteiger partial charge is 0.339 e. The second-order valence-electron chi connectivity index (χ2n) is 4.20. The summed E-state index contributed by atoms with van der Waals surface area (Å²) in [4.78, 5) is 18.9. The third-order valence-electron chi connectivity index (χ3n) is 2.70. The Morgan fingerprint density at radius 2 is 1.95 bits per heavy atom. The number of carboxylic acid groups (broad SMARTS) is 1. The minimum Gasteiger partial charge on any atom is -0.478 e. The van der Waals surface area contributed by atoms with Crippen molar-refractivity contribution in [3.63, 3.8) is 0 Å². The molecule has 0 spiro atoms. The number of halogens is 2. The van der Waals surface area contributed by atoms with E-state index in [-0.39, 0.29) is 11.5 Å². The number of benzene rings is 1. The number of nitrogens with zero attached hydrogens (tertiary/aromatic N) is 2. The van der Waals surface area contributed by atoms with Crippen molar-refractivity contribution >= 4 is 40.8 Å². The SMILES string of the molecule is Cc1cc(Cl)c(Nc2ncc(C(=O)O)c(C)n2)cc1Cl. The fourth-order valence-corrected chi connectivity index (χ4v) is 2.03. The predicted octanol–water partition coefficient (Wildman–Crippen LogP) is 3.84. The van der Waals surface area contributed by atoms with Gasteiger partial charge in [-0.15, -0.1) is 0 Å². The van der Waals surface area contributed by atoms with Crippen LogP contribution in [0.25, 0.3) is 0 Å². The Bertz CT molecular complexity index is 690. The molecular weight excluding hydrogens is 301 g/mol. The molecule has 1 aromatic heterocycles. The maximum atomic E-state index is 10.9. The van der Waals surface area contributed by atoms with Crippen molar-refractivity contribution < 1.29 is 9.90 Å². The molecule has 20 heavy (non-hydrogen) atoms. The summed E-state index contributed by atoms with van der Waals surface area (Å²) < 4.78 is 0. The molecule has 0 saturated heterocycles. The van der Waals surface area contributed by atoms with Gasteiger partial charge in [0.1, 0.15) is 0 Å². The summed E-state index contributed by atoms with van der Waals surface area (Å²) in [6.45, 7) is 3.44. The lowest BCUT2D eigenvalue weighted by Crippen LogP contribution is -2.06. The zero-order valence-electron chi connectivity index (χ0n) is 10.7. The maximum absolute atomic E-state index is 10.9. The van der Waals surface area contributed by atoms with Gasteiger partial charge in [-0.05, 0) is 31.5 Å². The fourth-order valence-electron chi connectivity index (χ4n) is 1.60. The minimum atomic E-state index is -1.06. The van der Waals surface area contributed by atoms with E-state index < -0.39 is 5.97 Å². The van der Waals surface area contributed by atoms with E-state index in [2.05, 4.69) is 15.3 Å². The average molecular weight is 312 g/mol. The summed E-state index contributed by atoms with van der Waals surface area (Å²) in [7, 11) is 0. The lowest BCUT2D eigenvalue weighted by atomic mass is 10.2. The molecule has 5 nitrogen and oxygen atoms in total. The Balaban J connectivity index is 2.33. The Morgan fingerprint density at radius 3 is 2.55 bits per heavy atom. The van der Waals surface area contributed by atoms with Crippen molar-refractivity contribution in [1.82, 2.24) is 9.97 Å². The molecule has 2 rings (SSSR count). The number of aromatic nitrogens is 2. The number of aryl methyl sites for hydroxylation is 2. The number of hydrogen-bond acceptors (Lipinski definition) is 4. The number of aromatic carboxylic acids is 1. The van der Waals surface area contributed by atoms with Crippen LogP contribution in [0.4, 0.5) is 11.6 Å². The molecule has 0 amide bonds. The van der Waals surface area contributed by atoms with E-state index in [9.17, 15) is 4.79 Å².